The van der Waals surface area contributed by atoms with Crippen LogP contribution in [0.1, 0.15) is 0 Å². The van der Waals surface area contributed by atoms with Crippen LogP contribution in [-0.4, -0.2) is 16.2 Å². The lowest BCUT2D eigenvalue weighted by molar-refractivity contribution is 0.926. The summed E-state index contributed by atoms with van der Waals surface area (Å²) in [6.45, 7) is 2.42. The lowest BCUT2D eigenvalue weighted by atomic mass is 10.2. The van der Waals surface area contributed by atoms with Gasteiger partial charge >= 0.3 is 0 Å². The second-order valence-electron chi connectivity index (χ2n) is 6.56. The summed E-state index contributed by atoms with van der Waals surface area (Å²) in [6, 6.07) is 30.5. The number of hydrogen-bond acceptors (Lipinski definition) is 1. The summed E-state index contributed by atoms with van der Waals surface area (Å²) in [5.74, 6) is 1.01. The molecule has 0 radical (unpaired) electrons. The minimum Gasteiger partial charge on any atom is -0.334 e. The average Bonchev–Trinajstić information content (AvgIpc) is 3.14. The van der Waals surface area contributed by atoms with E-state index in [1.165, 1.54) is 21.5 Å². The van der Waals surface area contributed by atoms with Gasteiger partial charge in [0.25, 0.3) is 0 Å². The molecule has 0 saturated carbocycles. The van der Waals surface area contributed by atoms with Crippen molar-refractivity contribution in [2.24, 2.45) is 7.05 Å². The summed E-state index contributed by atoms with van der Waals surface area (Å²) in [5, 5.41) is 4.13. The SMILES string of the molecule is Cn1ccnc1-c1ccccc1[P+](C)(c1ccccc1)c1ccccc1. The molecule has 0 aliphatic carbocycles. The lowest BCUT2D eigenvalue weighted by Crippen LogP contribution is -2.31. The Morgan fingerprint density at radius 2 is 1.27 bits per heavy atom. The van der Waals surface area contributed by atoms with Crippen LogP contribution in [0.2, 0.25) is 0 Å². The molecule has 26 heavy (non-hydrogen) atoms. The average molecular weight is 357 g/mol. The normalized spacial score (nSPS) is 11.5. The molecule has 1 aromatic heterocycles. The van der Waals surface area contributed by atoms with Crippen molar-refractivity contribution in [2.45, 2.75) is 0 Å². The van der Waals surface area contributed by atoms with Crippen molar-refractivity contribution in [3.8, 4) is 11.4 Å². The van der Waals surface area contributed by atoms with Crippen molar-refractivity contribution < 1.29 is 0 Å². The molecular weight excluding hydrogens is 335 g/mol. The molecule has 0 saturated heterocycles. The molecule has 0 amide bonds. The Labute approximate surface area is 155 Å². The summed E-state index contributed by atoms with van der Waals surface area (Å²) in [6.07, 6.45) is 3.87. The molecule has 0 N–H and O–H groups in total. The van der Waals surface area contributed by atoms with Crippen LogP contribution in [-0.2, 0) is 7.05 Å². The van der Waals surface area contributed by atoms with Gasteiger partial charge in [0, 0.05) is 19.4 Å². The molecule has 0 bridgehead atoms. The maximum Gasteiger partial charge on any atom is 0.143 e. The molecule has 4 aromatic rings. The molecule has 128 valence electrons. The van der Waals surface area contributed by atoms with E-state index >= 15 is 0 Å². The predicted octanol–water partition coefficient (Wildman–Crippen LogP) is 4.01. The number of benzene rings is 3. The maximum atomic E-state index is 4.63. The topological polar surface area (TPSA) is 17.8 Å². The van der Waals surface area contributed by atoms with Gasteiger partial charge in [-0.3, -0.25) is 0 Å². The van der Waals surface area contributed by atoms with Crippen molar-refractivity contribution >= 4 is 23.2 Å². The zero-order valence-electron chi connectivity index (χ0n) is 15.1. The van der Waals surface area contributed by atoms with Gasteiger partial charge in [-0.1, -0.05) is 48.5 Å². The van der Waals surface area contributed by atoms with Crippen LogP contribution in [0.3, 0.4) is 0 Å². The zero-order valence-corrected chi connectivity index (χ0v) is 16.0. The Balaban J connectivity index is 2.02. The first-order chi connectivity index (χ1) is 12.7. The highest BCUT2D eigenvalue weighted by molar-refractivity contribution is 7.95. The van der Waals surface area contributed by atoms with Crippen LogP contribution in [0, 0.1) is 0 Å². The quantitative estimate of drug-likeness (QED) is 0.505. The third kappa shape index (κ3) is 2.77. The van der Waals surface area contributed by atoms with Crippen molar-refractivity contribution in [1.29, 1.82) is 0 Å². The van der Waals surface area contributed by atoms with Gasteiger partial charge in [-0.15, -0.1) is 0 Å². The Kier molecular flexibility index (Phi) is 4.44. The van der Waals surface area contributed by atoms with Gasteiger partial charge in [-0.25, -0.2) is 4.98 Å². The molecule has 3 heteroatoms. The largest absolute Gasteiger partial charge is 0.334 e. The molecular formula is C23H22N2P+. The molecule has 0 aliphatic heterocycles. The number of nitrogens with zero attached hydrogens (tertiary/aromatic N) is 2. The highest BCUT2D eigenvalue weighted by atomic mass is 31.2. The van der Waals surface area contributed by atoms with Crippen LogP contribution < -0.4 is 15.9 Å². The van der Waals surface area contributed by atoms with Gasteiger partial charge in [0.1, 0.15) is 29.0 Å². The molecule has 0 fully saturated rings. The second kappa shape index (κ2) is 6.90. The molecule has 0 aliphatic rings. The number of aryl methyl sites for hydroxylation is 1. The first kappa shape index (κ1) is 16.8. The summed E-state index contributed by atoms with van der Waals surface area (Å²) in [7, 11) is 0.277. The standard InChI is InChI=1S/C23H22N2P/c1-25-18-17-24-23(25)21-15-9-10-16-22(21)26(2,19-11-5-3-6-12-19)20-13-7-4-8-14-20/h3-18H,1-2H3/q+1. The highest BCUT2D eigenvalue weighted by Gasteiger charge is 2.42. The number of aromatic nitrogens is 2. The van der Waals surface area contributed by atoms with E-state index in [1.54, 1.807) is 0 Å². The van der Waals surface area contributed by atoms with Gasteiger partial charge in [0.2, 0.25) is 0 Å². The van der Waals surface area contributed by atoms with Gasteiger partial charge in [-0.05, 0) is 36.4 Å². The van der Waals surface area contributed by atoms with Crippen molar-refractivity contribution in [2.75, 3.05) is 6.66 Å². The smallest absolute Gasteiger partial charge is 0.143 e. The molecule has 2 nitrogen and oxygen atoms in total. The van der Waals surface area contributed by atoms with E-state index in [-0.39, 0.29) is 0 Å². The maximum absolute atomic E-state index is 4.63. The van der Waals surface area contributed by atoms with E-state index in [9.17, 15) is 0 Å². The van der Waals surface area contributed by atoms with E-state index in [2.05, 4.69) is 108 Å². The summed E-state index contributed by atoms with van der Waals surface area (Å²) in [5.41, 5.74) is 1.21. The minimum atomic E-state index is -1.78. The van der Waals surface area contributed by atoms with Crippen LogP contribution >= 0.6 is 7.26 Å². The van der Waals surface area contributed by atoms with E-state index in [0.29, 0.717) is 0 Å². The fraction of sp³-hybridized carbons (Fsp3) is 0.0870. The Morgan fingerprint density at radius 3 is 1.81 bits per heavy atom. The van der Waals surface area contributed by atoms with Crippen LogP contribution in [0.5, 0.6) is 0 Å². The zero-order chi connectivity index (χ0) is 18.0. The van der Waals surface area contributed by atoms with Gasteiger partial charge in [-0.2, -0.15) is 0 Å². The van der Waals surface area contributed by atoms with E-state index in [0.717, 1.165) is 5.82 Å². The molecule has 0 atom stereocenters. The van der Waals surface area contributed by atoms with Crippen LogP contribution in [0.15, 0.2) is 97.3 Å². The van der Waals surface area contributed by atoms with Gasteiger partial charge < -0.3 is 4.57 Å². The summed E-state index contributed by atoms with van der Waals surface area (Å²) < 4.78 is 2.10. The predicted molar refractivity (Wildman–Crippen MR) is 113 cm³/mol. The first-order valence-electron chi connectivity index (χ1n) is 8.76. The molecule has 1 heterocycles. The molecule has 0 spiro atoms. The second-order valence-corrected chi connectivity index (χ2v) is 10.1. The Morgan fingerprint density at radius 1 is 0.731 bits per heavy atom. The highest BCUT2D eigenvalue weighted by Crippen LogP contribution is 2.53. The lowest BCUT2D eigenvalue weighted by Gasteiger charge is -2.25. The summed E-state index contributed by atoms with van der Waals surface area (Å²) in [4.78, 5) is 4.63. The van der Waals surface area contributed by atoms with E-state index in [1.807, 2.05) is 12.4 Å². The third-order valence-electron chi connectivity index (χ3n) is 4.99. The first-order valence-corrected chi connectivity index (χ1v) is 11.0. The van der Waals surface area contributed by atoms with Gasteiger partial charge in [0.05, 0.1) is 12.2 Å². The molecule has 3 aromatic carbocycles. The summed E-state index contributed by atoms with van der Waals surface area (Å²) >= 11 is 0. The number of imidazole rings is 1. The van der Waals surface area contributed by atoms with Crippen LogP contribution in [0.25, 0.3) is 11.4 Å². The van der Waals surface area contributed by atoms with Crippen LogP contribution in [0.4, 0.5) is 0 Å². The minimum absolute atomic E-state index is 1.01. The van der Waals surface area contributed by atoms with E-state index < -0.39 is 7.26 Å². The van der Waals surface area contributed by atoms with E-state index in [4.69, 9.17) is 0 Å². The fourth-order valence-electron chi connectivity index (χ4n) is 3.56. The Hall–Kier alpha value is -2.70. The third-order valence-corrected chi connectivity index (χ3v) is 9.01. The number of hydrogen-bond donors (Lipinski definition) is 0. The monoisotopic (exact) mass is 357 g/mol. The molecule has 4 rings (SSSR count). The van der Waals surface area contributed by atoms with Gasteiger partial charge in [0.15, 0.2) is 0 Å². The number of rotatable bonds is 4. The molecule has 0 unspecified atom stereocenters. The fourth-order valence-corrected chi connectivity index (χ4v) is 6.99. The Bertz CT molecular complexity index is 967. The van der Waals surface area contributed by atoms with Crippen molar-refractivity contribution in [1.82, 2.24) is 9.55 Å². The van der Waals surface area contributed by atoms with Crippen molar-refractivity contribution in [3.63, 3.8) is 0 Å². The van der Waals surface area contributed by atoms with Crippen molar-refractivity contribution in [3.05, 3.63) is 97.3 Å².